The molecule has 2 aliphatic heterocycles. The van der Waals surface area contributed by atoms with Crippen molar-refractivity contribution in [1.82, 2.24) is 5.06 Å². The van der Waals surface area contributed by atoms with Gasteiger partial charge in [-0.25, -0.2) is 8.42 Å². The van der Waals surface area contributed by atoms with Crippen molar-refractivity contribution in [3.63, 3.8) is 0 Å². The van der Waals surface area contributed by atoms with Gasteiger partial charge in [0.25, 0.3) is 0 Å². The van der Waals surface area contributed by atoms with Crippen molar-refractivity contribution < 1.29 is 18.0 Å². The molecular formula is C21H29NO4S. The summed E-state index contributed by atoms with van der Waals surface area (Å²) in [7, 11) is -3.59. The van der Waals surface area contributed by atoms with Crippen molar-refractivity contribution in [3.05, 3.63) is 30.3 Å². The first-order valence-electron chi connectivity index (χ1n) is 9.98. The standard InChI is InChI=1S/C21H29NO4S/c1-13-18(27(23,24)14-9-7-6-8-10-14)21(5)22(26-13)16-15-11-12-20(4,17(16)25-21)19(15,2)3/h6-10,13,15-18H,11-12H2,1-5H3/t13-,15+,16+,17+,18-,20-,21-/m0/s1. The number of nitrogens with zero attached hydrogens (tertiary/aromatic N) is 1. The van der Waals surface area contributed by atoms with Crippen LogP contribution in [0.5, 0.6) is 0 Å². The van der Waals surface area contributed by atoms with Crippen LogP contribution in [0.2, 0.25) is 0 Å². The molecule has 0 radical (unpaired) electrons. The van der Waals surface area contributed by atoms with E-state index in [9.17, 15) is 8.42 Å². The normalized spacial score (nSPS) is 48.0. The number of hydrogen-bond donors (Lipinski definition) is 0. The van der Waals surface area contributed by atoms with Crippen LogP contribution in [0.4, 0.5) is 0 Å². The van der Waals surface area contributed by atoms with E-state index >= 15 is 0 Å². The van der Waals surface area contributed by atoms with Gasteiger partial charge in [-0.1, -0.05) is 39.0 Å². The minimum Gasteiger partial charge on any atom is -0.351 e. The SMILES string of the molecule is C[C@@H]1ON2[C@@H]3[C@H]4CC[C@@](C)([C@@H]3O[C@@]2(C)[C@H]1S(=O)(=O)c1ccccc1)C4(C)C. The minimum absolute atomic E-state index is 0.0113. The molecule has 2 bridgehead atoms. The Balaban J connectivity index is 1.58. The number of ether oxygens (including phenoxy) is 1. The predicted molar refractivity (Wildman–Crippen MR) is 101 cm³/mol. The monoisotopic (exact) mass is 391 g/mol. The van der Waals surface area contributed by atoms with Crippen LogP contribution in [-0.4, -0.2) is 42.7 Å². The fourth-order valence-electron chi connectivity index (χ4n) is 6.68. The van der Waals surface area contributed by atoms with Gasteiger partial charge in [-0.05, 0) is 50.2 Å². The Labute approximate surface area is 161 Å². The van der Waals surface area contributed by atoms with Gasteiger partial charge in [0, 0.05) is 5.41 Å². The van der Waals surface area contributed by atoms with E-state index in [2.05, 4.69) is 20.8 Å². The lowest BCUT2D eigenvalue weighted by Crippen LogP contribution is -2.52. The van der Waals surface area contributed by atoms with E-state index in [0.717, 1.165) is 12.8 Å². The minimum atomic E-state index is -3.59. The van der Waals surface area contributed by atoms with Gasteiger partial charge in [-0.3, -0.25) is 4.84 Å². The van der Waals surface area contributed by atoms with Crippen LogP contribution in [0.25, 0.3) is 0 Å². The molecule has 0 N–H and O–H groups in total. The summed E-state index contributed by atoms with van der Waals surface area (Å²) in [5, 5.41) is 1.19. The molecule has 2 heterocycles. The molecule has 6 heteroatoms. The largest absolute Gasteiger partial charge is 0.351 e. The fourth-order valence-corrected chi connectivity index (χ4v) is 8.80. The van der Waals surface area contributed by atoms with Crippen LogP contribution < -0.4 is 0 Å². The third-order valence-corrected chi connectivity index (χ3v) is 10.9. The maximum atomic E-state index is 13.5. The van der Waals surface area contributed by atoms with Crippen molar-refractivity contribution in [3.8, 4) is 0 Å². The third kappa shape index (κ3) is 1.93. The van der Waals surface area contributed by atoms with E-state index < -0.39 is 26.9 Å². The summed E-state index contributed by atoms with van der Waals surface area (Å²) in [5.74, 6) is 0.458. The molecule has 4 fully saturated rings. The van der Waals surface area contributed by atoms with Crippen LogP contribution in [0.1, 0.15) is 47.5 Å². The van der Waals surface area contributed by atoms with Crippen molar-refractivity contribution in [1.29, 1.82) is 0 Å². The molecule has 7 atom stereocenters. The van der Waals surface area contributed by atoms with Crippen LogP contribution in [0.3, 0.4) is 0 Å². The highest BCUT2D eigenvalue weighted by atomic mass is 32.2. The number of hydroxylamine groups is 2. The van der Waals surface area contributed by atoms with Gasteiger partial charge in [0.05, 0.1) is 23.1 Å². The zero-order valence-electron chi connectivity index (χ0n) is 16.7. The van der Waals surface area contributed by atoms with Crippen molar-refractivity contribution >= 4 is 9.84 Å². The van der Waals surface area contributed by atoms with Crippen molar-refractivity contribution in [2.75, 3.05) is 0 Å². The summed E-state index contributed by atoms with van der Waals surface area (Å²) >= 11 is 0. The maximum Gasteiger partial charge on any atom is 0.188 e. The first kappa shape index (κ1) is 18.1. The fraction of sp³-hybridized carbons (Fsp3) is 0.714. The maximum absolute atomic E-state index is 13.5. The Morgan fingerprint density at radius 2 is 1.78 bits per heavy atom. The van der Waals surface area contributed by atoms with Gasteiger partial charge in [0.1, 0.15) is 5.25 Å². The second kappa shape index (κ2) is 5.15. The number of sulfone groups is 1. The first-order chi connectivity index (χ1) is 12.5. The van der Waals surface area contributed by atoms with E-state index in [-0.39, 0.29) is 23.0 Å². The summed E-state index contributed by atoms with van der Waals surface area (Å²) in [4.78, 5) is 6.58. The Morgan fingerprint density at radius 1 is 1.11 bits per heavy atom. The van der Waals surface area contributed by atoms with Gasteiger partial charge in [-0.15, -0.1) is 0 Å². The molecule has 0 unspecified atom stereocenters. The Morgan fingerprint density at radius 3 is 2.44 bits per heavy atom. The van der Waals surface area contributed by atoms with Crippen LogP contribution in [0, 0.1) is 16.7 Å². The Hall–Kier alpha value is -0.950. The molecule has 148 valence electrons. The molecule has 2 saturated carbocycles. The van der Waals surface area contributed by atoms with Gasteiger partial charge in [0.2, 0.25) is 0 Å². The van der Waals surface area contributed by atoms with Gasteiger partial charge in [-0.2, -0.15) is 5.06 Å². The zero-order valence-corrected chi connectivity index (χ0v) is 17.5. The number of rotatable bonds is 2. The predicted octanol–water partition coefficient (Wildman–Crippen LogP) is 3.40. The summed E-state index contributed by atoms with van der Waals surface area (Å²) in [6, 6.07) is 8.82. The van der Waals surface area contributed by atoms with E-state index in [1.807, 2.05) is 25.0 Å². The lowest BCUT2D eigenvalue weighted by Gasteiger charge is -2.40. The Kier molecular flexibility index (Phi) is 3.45. The van der Waals surface area contributed by atoms with Gasteiger partial charge >= 0.3 is 0 Å². The second-order valence-corrected chi connectivity index (χ2v) is 11.9. The Bertz CT molecular complexity index is 885. The molecule has 0 spiro atoms. The highest BCUT2D eigenvalue weighted by Gasteiger charge is 2.77. The molecule has 4 aliphatic rings. The van der Waals surface area contributed by atoms with Crippen LogP contribution in [0.15, 0.2) is 35.2 Å². The van der Waals surface area contributed by atoms with Crippen molar-refractivity contribution in [2.45, 2.75) is 81.6 Å². The molecule has 5 nitrogen and oxygen atoms in total. The topological polar surface area (TPSA) is 55.8 Å². The quantitative estimate of drug-likeness (QED) is 0.773. The molecule has 1 aromatic rings. The van der Waals surface area contributed by atoms with E-state index in [1.165, 1.54) is 0 Å². The van der Waals surface area contributed by atoms with E-state index in [4.69, 9.17) is 9.57 Å². The van der Waals surface area contributed by atoms with E-state index in [1.54, 1.807) is 24.3 Å². The summed E-state index contributed by atoms with van der Waals surface area (Å²) in [6.07, 6.45) is 1.84. The molecule has 5 rings (SSSR count). The lowest BCUT2D eigenvalue weighted by atomic mass is 9.70. The van der Waals surface area contributed by atoms with Crippen LogP contribution >= 0.6 is 0 Å². The van der Waals surface area contributed by atoms with Gasteiger partial charge < -0.3 is 4.74 Å². The molecule has 1 aromatic carbocycles. The molecular weight excluding hydrogens is 362 g/mol. The average Bonchev–Trinajstić information content (AvgIpc) is 3.16. The van der Waals surface area contributed by atoms with E-state index in [0.29, 0.717) is 10.8 Å². The number of fused-ring (bicyclic) bond motifs is 7. The summed E-state index contributed by atoms with van der Waals surface area (Å²) in [5.41, 5.74) is -0.750. The average molecular weight is 392 g/mol. The molecule has 27 heavy (non-hydrogen) atoms. The summed E-state index contributed by atoms with van der Waals surface area (Å²) in [6.45, 7) is 10.7. The smallest absolute Gasteiger partial charge is 0.188 e. The lowest BCUT2D eigenvalue weighted by molar-refractivity contribution is -0.229. The zero-order chi connectivity index (χ0) is 19.4. The highest BCUT2D eigenvalue weighted by Crippen LogP contribution is 2.71. The molecule has 0 amide bonds. The third-order valence-electron chi connectivity index (χ3n) is 8.44. The van der Waals surface area contributed by atoms with Gasteiger partial charge in [0.15, 0.2) is 15.6 Å². The number of benzene rings is 1. The van der Waals surface area contributed by atoms with Crippen molar-refractivity contribution in [2.24, 2.45) is 16.7 Å². The van der Waals surface area contributed by atoms with Crippen LogP contribution in [-0.2, 0) is 19.4 Å². The first-order valence-corrected chi connectivity index (χ1v) is 11.5. The highest BCUT2D eigenvalue weighted by molar-refractivity contribution is 7.92. The molecule has 0 aromatic heterocycles. The molecule has 2 saturated heterocycles. The molecule has 2 aliphatic carbocycles. The second-order valence-electron chi connectivity index (χ2n) is 9.78. The summed E-state index contributed by atoms with van der Waals surface area (Å²) < 4.78 is 33.7. The number of hydrogen-bond acceptors (Lipinski definition) is 5.